The van der Waals surface area contributed by atoms with Gasteiger partial charge in [0.1, 0.15) is 0 Å². The van der Waals surface area contributed by atoms with Gasteiger partial charge in [0.25, 0.3) is 0 Å². The summed E-state index contributed by atoms with van der Waals surface area (Å²) in [6.07, 6.45) is 1.04. The maximum Gasteiger partial charge on any atom is 0.248 e. The van der Waals surface area contributed by atoms with Crippen molar-refractivity contribution in [2.24, 2.45) is 11.7 Å². The number of carbonyl (C=O) groups excluding carboxylic acids is 1. The highest BCUT2D eigenvalue weighted by Gasteiger charge is 2.09. The van der Waals surface area contributed by atoms with Gasteiger partial charge in [0.15, 0.2) is 0 Å². The summed E-state index contributed by atoms with van der Waals surface area (Å²) < 4.78 is 0. The standard InChI is InChI=1S/C13H19ClN2O/c1-8(2)6-9(3)16-12-7-10(13(15)17)4-5-11(12)14/h4-5,7-9,16H,6H2,1-3H3,(H2,15,17). The van der Waals surface area contributed by atoms with Crippen LogP contribution in [0.25, 0.3) is 0 Å². The monoisotopic (exact) mass is 254 g/mol. The summed E-state index contributed by atoms with van der Waals surface area (Å²) in [7, 11) is 0. The number of anilines is 1. The second kappa shape index (κ2) is 5.92. The fraction of sp³-hybridized carbons (Fsp3) is 0.462. The first kappa shape index (κ1) is 13.8. The highest BCUT2D eigenvalue weighted by Crippen LogP contribution is 2.24. The average molecular weight is 255 g/mol. The molecule has 1 aromatic carbocycles. The summed E-state index contributed by atoms with van der Waals surface area (Å²) in [5, 5.41) is 3.90. The van der Waals surface area contributed by atoms with Crippen LogP contribution < -0.4 is 11.1 Å². The van der Waals surface area contributed by atoms with E-state index in [0.717, 1.165) is 12.1 Å². The Morgan fingerprint density at radius 3 is 2.59 bits per heavy atom. The van der Waals surface area contributed by atoms with Crippen LogP contribution >= 0.6 is 11.6 Å². The number of benzene rings is 1. The van der Waals surface area contributed by atoms with Gasteiger partial charge in [-0.1, -0.05) is 25.4 Å². The Morgan fingerprint density at radius 1 is 1.41 bits per heavy atom. The first-order chi connectivity index (χ1) is 7.90. The largest absolute Gasteiger partial charge is 0.381 e. The molecule has 3 N–H and O–H groups in total. The number of hydrogen-bond acceptors (Lipinski definition) is 2. The number of rotatable bonds is 5. The molecule has 0 saturated carbocycles. The van der Waals surface area contributed by atoms with Gasteiger partial charge in [-0.2, -0.15) is 0 Å². The first-order valence-electron chi connectivity index (χ1n) is 5.76. The Morgan fingerprint density at radius 2 is 2.06 bits per heavy atom. The molecule has 0 aliphatic heterocycles. The van der Waals surface area contributed by atoms with Crippen molar-refractivity contribution >= 4 is 23.2 Å². The number of primary amides is 1. The van der Waals surface area contributed by atoms with Gasteiger partial charge in [-0.25, -0.2) is 0 Å². The van der Waals surface area contributed by atoms with E-state index >= 15 is 0 Å². The predicted octanol–water partition coefficient (Wildman–Crippen LogP) is 3.29. The zero-order valence-corrected chi connectivity index (χ0v) is 11.2. The Bertz CT molecular complexity index is 404. The molecule has 3 nitrogen and oxygen atoms in total. The minimum atomic E-state index is -0.443. The second-order valence-electron chi connectivity index (χ2n) is 4.73. The molecule has 1 unspecified atom stereocenters. The Labute approximate surface area is 107 Å². The molecule has 1 rings (SSSR count). The van der Waals surface area contributed by atoms with Crippen LogP contribution in [0.2, 0.25) is 5.02 Å². The van der Waals surface area contributed by atoms with Gasteiger partial charge in [-0.15, -0.1) is 0 Å². The highest BCUT2D eigenvalue weighted by molar-refractivity contribution is 6.33. The molecular formula is C13H19ClN2O. The minimum Gasteiger partial charge on any atom is -0.381 e. The van der Waals surface area contributed by atoms with Gasteiger partial charge in [0.2, 0.25) is 5.91 Å². The molecule has 1 atom stereocenters. The van der Waals surface area contributed by atoms with Crippen molar-refractivity contribution in [3.63, 3.8) is 0 Å². The summed E-state index contributed by atoms with van der Waals surface area (Å²) in [5.41, 5.74) is 6.46. The van der Waals surface area contributed by atoms with Crippen LogP contribution in [0.3, 0.4) is 0 Å². The maximum atomic E-state index is 11.1. The lowest BCUT2D eigenvalue weighted by molar-refractivity contribution is 0.100. The summed E-state index contributed by atoms with van der Waals surface area (Å²) >= 11 is 6.07. The Kier molecular flexibility index (Phi) is 4.82. The van der Waals surface area contributed by atoms with E-state index in [1.165, 1.54) is 0 Å². The number of nitrogens with two attached hydrogens (primary N) is 1. The lowest BCUT2D eigenvalue weighted by atomic mass is 10.0. The zero-order chi connectivity index (χ0) is 13.0. The van der Waals surface area contributed by atoms with E-state index in [1.54, 1.807) is 18.2 Å². The van der Waals surface area contributed by atoms with Crippen LogP contribution in [0.1, 0.15) is 37.6 Å². The summed E-state index contributed by atoms with van der Waals surface area (Å²) in [6, 6.07) is 5.31. The van der Waals surface area contributed by atoms with Crippen molar-refractivity contribution in [2.75, 3.05) is 5.32 Å². The fourth-order valence-corrected chi connectivity index (χ4v) is 1.99. The third-order valence-corrected chi connectivity index (χ3v) is 2.81. The lowest BCUT2D eigenvalue weighted by Gasteiger charge is -2.18. The molecule has 0 bridgehead atoms. The molecule has 17 heavy (non-hydrogen) atoms. The van der Waals surface area contributed by atoms with Crippen LogP contribution in [-0.4, -0.2) is 11.9 Å². The van der Waals surface area contributed by atoms with Crippen molar-refractivity contribution in [1.82, 2.24) is 0 Å². The minimum absolute atomic E-state index is 0.302. The number of carbonyl (C=O) groups is 1. The molecule has 0 aliphatic carbocycles. The molecule has 0 saturated heterocycles. The van der Waals surface area contributed by atoms with Crippen LogP contribution in [0, 0.1) is 5.92 Å². The number of amides is 1. The van der Waals surface area contributed by atoms with Gasteiger partial charge in [0, 0.05) is 11.6 Å². The third-order valence-electron chi connectivity index (χ3n) is 2.48. The van der Waals surface area contributed by atoms with Crippen molar-refractivity contribution in [3.05, 3.63) is 28.8 Å². The molecule has 0 aromatic heterocycles. The van der Waals surface area contributed by atoms with E-state index < -0.39 is 5.91 Å². The molecule has 0 radical (unpaired) electrons. The lowest BCUT2D eigenvalue weighted by Crippen LogP contribution is -2.18. The normalized spacial score (nSPS) is 12.5. The SMILES string of the molecule is CC(C)CC(C)Nc1cc(C(N)=O)ccc1Cl. The smallest absolute Gasteiger partial charge is 0.248 e. The third kappa shape index (κ3) is 4.27. The van der Waals surface area contributed by atoms with E-state index in [-0.39, 0.29) is 0 Å². The second-order valence-corrected chi connectivity index (χ2v) is 5.14. The van der Waals surface area contributed by atoms with E-state index in [0.29, 0.717) is 22.5 Å². The van der Waals surface area contributed by atoms with E-state index in [9.17, 15) is 4.79 Å². The predicted molar refractivity (Wildman–Crippen MR) is 72.5 cm³/mol. The van der Waals surface area contributed by atoms with E-state index in [2.05, 4.69) is 26.1 Å². The molecule has 0 fully saturated rings. The van der Waals surface area contributed by atoms with Crippen LogP contribution in [0.5, 0.6) is 0 Å². The Balaban J connectivity index is 2.82. The molecule has 0 heterocycles. The molecular weight excluding hydrogens is 236 g/mol. The van der Waals surface area contributed by atoms with Crippen LogP contribution in [-0.2, 0) is 0 Å². The summed E-state index contributed by atoms with van der Waals surface area (Å²) in [6.45, 7) is 6.42. The number of halogens is 1. The molecule has 1 amide bonds. The zero-order valence-electron chi connectivity index (χ0n) is 10.5. The molecule has 0 spiro atoms. The highest BCUT2D eigenvalue weighted by atomic mass is 35.5. The Hall–Kier alpha value is -1.22. The maximum absolute atomic E-state index is 11.1. The average Bonchev–Trinajstić information content (AvgIpc) is 2.19. The topological polar surface area (TPSA) is 55.1 Å². The quantitative estimate of drug-likeness (QED) is 0.847. The van der Waals surface area contributed by atoms with Crippen molar-refractivity contribution in [1.29, 1.82) is 0 Å². The van der Waals surface area contributed by atoms with Crippen LogP contribution in [0.4, 0.5) is 5.69 Å². The number of nitrogens with one attached hydrogen (secondary N) is 1. The molecule has 4 heteroatoms. The first-order valence-corrected chi connectivity index (χ1v) is 6.14. The van der Waals surface area contributed by atoms with Gasteiger partial charge < -0.3 is 11.1 Å². The van der Waals surface area contributed by atoms with E-state index in [1.807, 2.05) is 0 Å². The van der Waals surface area contributed by atoms with E-state index in [4.69, 9.17) is 17.3 Å². The van der Waals surface area contributed by atoms with Gasteiger partial charge in [0.05, 0.1) is 10.7 Å². The van der Waals surface area contributed by atoms with Gasteiger partial charge in [-0.05, 0) is 37.5 Å². The van der Waals surface area contributed by atoms with Gasteiger partial charge in [-0.3, -0.25) is 4.79 Å². The van der Waals surface area contributed by atoms with Crippen molar-refractivity contribution < 1.29 is 4.79 Å². The van der Waals surface area contributed by atoms with Crippen LogP contribution in [0.15, 0.2) is 18.2 Å². The van der Waals surface area contributed by atoms with Crippen molar-refractivity contribution in [3.8, 4) is 0 Å². The van der Waals surface area contributed by atoms with Crippen molar-refractivity contribution in [2.45, 2.75) is 33.2 Å². The summed E-state index contributed by atoms with van der Waals surface area (Å²) in [5.74, 6) is 0.164. The van der Waals surface area contributed by atoms with Gasteiger partial charge >= 0.3 is 0 Å². The molecule has 1 aromatic rings. The molecule has 94 valence electrons. The molecule has 0 aliphatic rings. The number of hydrogen-bond donors (Lipinski definition) is 2. The summed E-state index contributed by atoms with van der Waals surface area (Å²) in [4.78, 5) is 11.1. The fourth-order valence-electron chi connectivity index (χ4n) is 1.82.